The van der Waals surface area contributed by atoms with Crippen LogP contribution in [0.3, 0.4) is 0 Å². The Morgan fingerprint density at radius 1 is 1.13 bits per heavy atom. The van der Waals surface area contributed by atoms with Gasteiger partial charge >= 0.3 is 0 Å². The van der Waals surface area contributed by atoms with Crippen LogP contribution in [0.2, 0.25) is 5.02 Å². The van der Waals surface area contributed by atoms with E-state index in [-0.39, 0.29) is 11.3 Å². The smallest absolute Gasteiger partial charge is 0.271 e. The van der Waals surface area contributed by atoms with Crippen LogP contribution in [0.1, 0.15) is 21.5 Å². The normalized spacial score (nSPS) is 10.6. The summed E-state index contributed by atoms with van der Waals surface area (Å²) in [7, 11) is 1.52. The SMILES string of the molecule is COc1cc(C=NNC(=O)c2cccc([N+](=O)[O-])c2)ccc1OCc1cccc(Cl)c1. The lowest BCUT2D eigenvalue weighted by Gasteiger charge is -2.11. The second-order valence-electron chi connectivity index (χ2n) is 6.34. The summed E-state index contributed by atoms with van der Waals surface area (Å²) in [6.45, 7) is 0.323. The van der Waals surface area contributed by atoms with Crippen molar-refractivity contribution >= 4 is 29.4 Å². The molecule has 0 aliphatic heterocycles. The number of halogens is 1. The van der Waals surface area contributed by atoms with E-state index >= 15 is 0 Å². The van der Waals surface area contributed by atoms with E-state index in [0.29, 0.717) is 28.7 Å². The largest absolute Gasteiger partial charge is 0.493 e. The first-order valence-corrected chi connectivity index (χ1v) is 9.47. The van der Waals surface area contributed by atoms with Gasteiger partial charge < -0.3 is 9.47 Å². The predicted molar refractivity (Wildman–Crippen MR) is 117 cm³/mol. The van der Waals surface area contributed by atoms with Gasteiger partial charge in [-0.25, -0.2) is 5.43 Å². The molecule has 3 aromatic rings. The van der Waals surface area contributed by atoms with Crippen molar-refractivity contribution < 1.29 is 19.2 Å². The summed E-state index contributed by atoms with van der Waals surface area (Å²) in [4.78, 5) is 22.4. The molecule has 3 rings (SSSR count). The number of nitrogens with one attached hydrogen (secondary N) is 1. The molecular weight excluding hydrogens is 422 g/mol. The van der Waals surface area contributed by atoms with E-state index in [9.17, 15) is 14.9 Å². The molecule has 0 aliphatic rings. The van der Waals surface area contributed by atoms with E-state index in [0.717, 1.165) is 5.56 Å². The number of amides is 1. The first-order valence-electron chi connectivity index (χ1n) is 9.09. The standard InChI is InChI=1S/C22H18ClN3O5/c1-30-21-11-15(8-9-20(21)31-14-16-4-2-6-18(23)10-16)13-24-25-22(27)17-5-3-7-19(12-17)26(28)29/h2-13H,14H2,1H3,(H,25,27). The van der Waals surface area contributed by atoms with Crippen LogP contribution in [-0.2, 0) is 6.61 Å². The Kier molecular flexibility index (Phi) is 7.18. The molecule has 9 heteroatoms. The van der Waals surface area contributed by atoms with Crippen LogP contribution in [0, 0.1) is 10.1 Å². The molecule has 0 fully saturated rings. The summed E-state index contributed by atoms with van der Waals surface area (Å²) in [5, 5.41) is 15.3. The van der Waals surface area contributed by atoms with Crippen LogP contribution in [-0.4, -0.2) is 24.2 Å². The summed E-state index contributed by atoms with van der Waals surface area (Å²) in [5.74, 6) is 0.477. The average Bonchev–Trinajstić information content (AvgIpc) is 2.78. The molecule has 0 spiro atoms. The number of carbonyl (C=O) groups excluding carboxylic acids is 1. The molecule has 8 nitrogen and oxygen atoms in total. The van der Waals surface area contributed by atoms with E-state index in [2.05, 4.69) is 10.5 Å². The minimum Gasteiger partial charge on any atom is -0.493 e. The molecule has 0 aromatic heterocycles. The third-order valence-corrected chi connectivity index (χ3v) is 4.41. The molecule has 1 amide bonds. The summed E-state index contributed by atoms with van der Waals surface area (Å²) < 4.78 is 11.2. The summed E-state index contributed by atoms with van der Waals surface area (Å²) in [5.41, 5.74) is 3.88. The van der Waals surface area contributed by atoms with Crippen LogP contribution in [0.4, 0.5) is 5.69 Å². The fourth-order valence-corrected chi connectivity index (χ4v) is 2.88. The lowest BCUT2D eigenvalue weighted by Crippen LogP contribution is -2.17. The zero-order valence-corrected chi connectivity index (χ0v) is 17.2. The quantitative estimate of drug-likeness (QED) is 0.314. The van der Waals surface area contributed by atoms with Crippen molar-refractivity contribution in [1.29, 1.82) is 0 Å². The van der Waals surface area contributed by atoms with Gasteiger partial charge in [0.15, 0.2) is 11.5 Å². The maximum Gasteiger partial charge on any atom is 0.271 e. The van der Waals surface area contributed by atoms with Crippen LogP contribution >= 0.6 is 11.6 Å². The Bertz CT molecular complexity index is 1130. The van der Waals surface area contributed by atoms with Crippen LogP contribution in [0.15, 0.2) is 71.8 Å². The average molecular weight is 440 g/mol. The fraction of sp³-hybridized carbons (Fsp3) is 0.0909. The first kappa shape index (κ1) is 21.8. The highest BCUT2D eigenvalue weighted by Gasteiger charge is 2.11. The highest BCUT2D eigenvalue weighted by Crippen LogP contribution is 2.28. The number of nitro groups is 1. The second-order valence-corrected chi connectivity index (χ2v) is 6.77. The van der Waals surface area contributed by atoms with E-state index in [1.807, 2.05) is 18.2 Å². The minimum absolute atomic E-state index is 0.133. The van der Waals surface area contributed by atoms with Gasteiger partial charge in [0.2, 0.25) is 0 Å². The number of ether oxygens (including phenoxy) is 2. The molecule has 0 saturated carbocycles. The van der Waals surface area contributed by atoms with Crippen molar-refractivity contribution in [3.05, 3.63) is 98.6 Å². The number of nitrogens with zero attached hydrogens (tertiary/aromatic N) is 2. The third-order valence-electron chi connectivity index (χ3n) is 4.17. The zero-order chi connectivity index (χ0) is 22.2. The number of non-ortho nitro benzene ring substituents is 1. The van der Waals surface area contributed by atoms with Gasteiger partial charge in [0.25, 0.3) is 11.6 Å². The Hall–Kier alpha value is -3.91. The molecule has 0 unspecified atom stereocenters. The predicted octanol–water partition coefficient (Wildman–Crippen LogP) is 4.60. The van der Waals surface area contributed by atoms with E-state index < -0.39 is 10.8 Å². The van der Waals surface area contributed by atoms with Gasteiger partial charge in [-0.15, -0.1) is 0 Å². The summed E-state index contributed by atoms with van der Waals surface area (Å²) in [6, 6.07) is 17.9. The van der Waals surface area contributed by atoms with Gasteiger partial charge in [-0.1, -0.05) is 29.8 Å². The lowest BCUT2D eigenvalue weighted by molar-refractivity contribution is -0.384. The van der Waals surface area contributed by atoms with E-state index in [1.54, 1.807) is 24.3 Å². The van der Waals surface area contributed by atoms with Crippen LogP contribution < -0.4 is 14.9 Å². The maximum absolute atomic E-state index is 12.1. The monoisotopic (exact) mass is 439 g/mol. The minimum atomic E-state index is -0.567. The lowest BCUT2D eigenvalue weighted by atomic mass is 10.2. The van der Waals surface area contributed by atoms with Crippen molar-refractivity contribution in [1.82, 2.24) is 5.43 Å². The van der Waals surface area contributed by atoms with Crippen molar-refractivity contribution in [2.45, 2.75) is 6.61 Å². The number of hydrogen-bond acceptors (Lipinski definition) is 6. The highest BCUT2D eigenvalue weighted by atomic mass is 35.5. The van der Waals surface area contributed by atoms with Gasteiger partial charge in [-0.3, -0.25) is 14.9 Å². The molecule has 0 aliphatic carbocycles. The van der Waals surface area contributed by atoms with Crippen LogP contribution in [0.25, 0.3) is 0 Å². The number of carbonyl (C=O) groups is 1. The topological polar surface area (TPSA) is 103 Å². The van der Waals surface area contributed by atoms with Gasteiger partial charge in [0.05, 0.1) is 18.2 Å². The molecule has 0 bridgehead atoms. The molecular formula is C22H18ClN3O5. The molecule has 0 heterocycles. The highest BCUT2D eigenvalue weighted by molar-refractivity contribution is 6.30. The number of hydrazone groups is 1. The molecule has 3 aromatic carbocycles. The Balaban J connectivity index is 1.64. The van der Waals surface area contributed by atoms with E-state index in [1.165, 1.54) is 37.6 Å². The molecule has 31 heavy (non-hydrogen) atoms. The third kappa shape index (κ3) is 6.03. The van der Waals surface area contributed by atoms with Crippen molar-refractivity contribution in [2.24, 2.45) is 5.10 Å². The van der Waals surface area contributed by atoms with Crippen molar-refractivity contribution in [3.63, 3.8) is 0 Å². The molecule has 0 saturated heterocycles. The number of benzene rings is 3. The fourth-order valence-electron chi connectivity index (χ4n) is 2.66. The molecule has 1 N–H and O–H groups in total. The summed E-state index contributed by atoms with van der Waals surface area (Å²) in [6.07, 6.45) is 1.43. The Labute approximate surface area is 183 Å². The molecule has 0 radical (unpaired) electrons. The van der Waals surface area contributed by atoms with Gasteiger partial charge in [0.1, 0.15) is 6.61 Å². The van der Waals surface area contributed by atoms with Crippen molar-refractivity contribution in [3.8, 4) is 11.5 Å². The Morgan fingerprint density at radius 3 is 2.68 bits per heavy atom. The van der Waals surface area contributed by atoms with Gasteiger partial charge in [-0.05, 0) is 47.5 Å². The number of rotatable bonds is 8. The Morgan fingerprint density at radius 2 is 1.94 bits per heavy atom. The van der Waals surface area contributed by atoms with Crippen LogP contribution in [0.5, 0.6) is 11.5 Å². The first-order chi connectivity index (χ1) is 15.0. The number of nitro benzene ring substituents is 1. The summed E-state index contributed by atoms with van der Waals surface area (Å²) >= 11 is 5.98. The number of hydrogen-bond donors (Lipinski definition) is 1. The van der Waals surface area contributed by atoms with Gasteiger partial charge in [0, 0.05) is 22.7 Å². The van der Waals surface area contributed by atoms with Gasteiger partial charge in [-0.2, -0.15) is 5.10 Å². The second kappa shape index (κ2) is 10.2. The molecule has 158 valence electrons. The maximum atomic E-state index is 12.1. The van der Waals surface area contributed by atoms with E-state index in [4.69, 9.17) is 21.1 Å². The van der Waals surface area contributed by atoms with Crippen molar-refractivity contribution in [2.75, 3.05) is 7.11 Å². The number of methoxy groups -OCH3 is 1. The zero-order valence-electron chi connectivity index (χ0n) is 16.4. The molecule has 0 atom stereocenters.